The third-order valence-corrected chi connectivity index (χ3v) is 3.59. The van der Waals surface area contributed by atoms with E-state index in [-0.39, 0.29) is 5.91 Å². The molecular weight excluding hydrogens is 288 g/mol. The Morgan fingerprint density at radius 2 is 1.87 bits per heavy atom. The second kappa shape index (κ2) is 10.6. The summed E-state index contributed by atoms with van der Waals surface area (Å²) in [5.74, 6) is 0.968. The lowest BCUT2D eigenvalue weighted by Crippen LogP contribution is -2.38. The number of carbonyl (C=O) groups excluding carboxylic acids is 1. The van der Waals surface area contributed by atoms with Crippen molar-refractivity contribution in [3.05, 3.63) is 29.8 Å². The molecule has 0 aliphatic carbocycles. The van der Waals surface area contributed by atoms with Crippen LogP contribution in [0.15, 0.2) is 29.3 Å². The van der Waals surface area contributed by atoms with Crippen LogP contribution in [-0.4, -0.2) is 37.4 Å². The van der Waals surface area contributed by atoms with Crippen molar-refractivity contribution >= 4 is 17.6 Å². The van der Waals surface area contributed by atoms with Gasteiger partial charge in [-0.1, -0.05) is 32.4 Å². The first-order valence-corrected chi connectivity index (χ1v) is 8.41. The number of nitrogens with one attached hydrogen (secondary N) is 2. The van der Waals surface area contributed by atoms with E-state index >= 15 is 0 Å². The van der Waals surface area contributed by atoms with E-state index in [4.69, 9.17) is 0 Å². The van der Waals surface area contributed by atoms with Gasteiger partial charge in [0.2, 0.25) is 5.91 Å². The molecule has 0 aliphatic rings. The summed E-state index contributed by atoms with van der Waals surface area (Å²) in [6.07, 6.45) is 3.75. The van der Waals surface area contributed by atoms with Gasteiger partial charge in [-0.2, -0.15) is 0 Å². The number of nitrogens with zero attached hydrogens (tertiary/aromatic N) is 2. The number of carbonyl (C=O) groups is 1. The normalized spacial score (nSPS) is 11.2. The van der Waals surface area contributed by atoms with Crippen LogP contribution < -0.4 is 10.6 Å². The predicted molar refractivity (Wildman–Crippen MR) is 97.7 cm³/mol. The maximum atomic E-state index is 11.6. The smallest absolute Gasteiger partial charge is 0.224 e. The standard InChI is InChI=1S/C18H30N4O/c1-5-7-13-22(4)18(19-3)20-14-15-9-11-16(12-10-15)21-17(23)8-6-2/h9-12H,5-8,13-14H2,1-4H3,(H,19,20)(H,21,23). The van der Waals surface area contributed by atoms with Gasteiger partial charge in [0.15, 0.2) is 5.96 Å². The number of hydrogen-bond donors (Lipinski definition) is 2. The van der Waals surface area contributed by atoms with Gasteiger partial charge in [-0.25, -0.2) is 0 Å². The van der Waals surface area contributed by atoms with Gasteiger partial charge >= 0.3 is 0 Å². The molecule has 5 nitrogen and oxygen atoms in total. The van der Waals surface area contributed by atoms with Crippen LogP contribution in [0.25, 0.3) is 0 Å². The van der Waals surface area contributed by atoms with Gasteiger partial charge in [0.25, 0.3) is 0 Å². The number of amides is 1. The number of unbranched alkanes of at least 4 members (excludes halogenated alkanes) is 1. The monoisotopic (exact) mass is 318 g/mol. The Labute approximate surface area is 140 Å². The molecule has 2 N–H and O–H groups in total. The average molecular weight is 318 g/mol. The molecule has 0 aliphatic heterocycles. The van der Waals surface area contributed by atoms with Gasteiger partial charge in [-0.3, -0.25) is 9.79 Å². The zero-order valence-electron chi connectivity index (χ0n) is 14.9. The van der Waals surface area contributed by atoms with Crippen molar-refractivity contribution in [1.29, 1.82) is 0 Å². The van der Waals surface area contributed by atoms with Gasteiger partial charge in [0.1, 0.15) is 0 Å². The maximum absolute atomic E-state index is 11.6. The number of aliphatic imine (C=N–C) groups is 1. The number of benzene rings is 1. The summed E-state index contributed by atoms with van der Waals surface area (Å²) >= 11 is 0. The van der Waals surface area contributed by atoms with E-state index in [0.29, 0.717) is 13.0 Å². The Balaban J connectivity index is 2.49. The average Bonchev–Trinajstić information content (AvgIpc) is 2.55. The van der Waals surface area contributed by atoms with Crippen LogP contribution in [-0.2, 0) is 11.3 Å². The molecule has 0 saturated carbocycles. The quantitative estimate of drug-likeness (QED) is 0.571. The van der Waals surface area contributed by atoms with Gasteiger partial charge in [0, 0.05) is 39.3 Å². The van der Waals surface area contributed by atoms with Crippen molar-refractivity contribution in [1.82, 2.24) is 10.2 Å². The highest BCUT2D eigenvalue weighted by molar-refractivity contribution is 5.90. The van der Waals surface area contributed by atoms with Gasteiger partial charge < -0.3 is 15.5 Å². The van der Waals surface area contributed by atoms with E-state index in [2.05, 4.69) is 34.5 Å². The van der Waals surface area contributed by atoms with Gasteiger partial charge in [-0.15, -0.1) is 0 Å². The molecule has 5 heteroatoms. The summed E-state index contributed by atoms with van der Waals surface area (Å²) in [5.41, 5.74) is 2.00. The molecule has 0 aromatic heterocycles. The predicted octanol–water partition coefficient (Wildman–Crippen LogP) is 3.23. The van der Waals surface area contributed by atoms with E-state index in [1.807, 2.05) is 31.2 Å². The van der Waals surface area contributed by atoms with Crippen LogP contribution in [0.4, 0.5) is 5.69 Å². The molecule has 128 valence electrons. The molecule has 0 spiro atoms. The zero-order chi connectivity index (χ0) is 17.1. The Morgan fingerprint density at radius 1 is 1.17 bits per heavy atom. The van der Waals surface area contributed by atoms with E-state index in [9.17, 15) is 4.79 Å². The fraction of sp³-hybridized carbons (Fsp3) is 0.556. The maximum Gasteiger partial charge on any atom is 0.224 e. The first-order chi connectivity index (χ1) is 11.1. The second-order valence-corrected chi connectivity index (χ2v) is 5.67. The third-order valence-electron chi connectivity index (χ3n) is 3.59. The van der Waals surface area contributed by atoms with Crippen LogP contribution in [0.1, 0.15) is 45.1 Å². The molecule has 23 heavy (non-hydrogen) atoms. The second-order valence-electron chi connectivity index (χ2n) is 5.67. The van der Waals surface area contributed by atoms with E-state index in [1.54, 1.807) is 7.05 Å². The molecule has 0 saturated heterocycles. The summed E-state index contributed by atoms with van der Waals surface area (Å²) < 4.78 is 0. The number of anilines is 1. The zero-order valence-corrected chi connectivity index (χ0v) is 14.9. The van der Waals surface area contributed by atoms with Gasteiger partial charge in [-0.05, 0) is 30.5 Å². The number of hydrogen-bond acceptors (Lipinski definition) is 2. The summed E-state index contributed by atoms with van der Waals surface area (Å²) in [4.78, 5) is 18.0. The fourth-order valence-corrected chi connectivity index (χ4v) is 2.22. The van der Waals surface area contributed by atoms with Crippen LogP contribution in [0.5, 0.6) is 0 Å². The first-order valence-electron chi connectivity index (χ1n) is 8.41. The summed E-state index contributed by atoms with van der Waals surface area (Å²) in [5, 5.41) is 6.26. The minimum atomic E-state index is 0.0660. The lowest BCUT2D eigenvalue weighted by atomic mass is 10.2. The molecule has 0 atom stereocenters. The third kappa shape index (κ3) is 7.17. The molecule has 0 heterocycles. The summed E-state index contributed by atoms with van der Waals surface area (Å²) in [6.45, 7) is 5.90. The van der Waals surface area contributed by atoms with E-state index in [1.165, 1.54) is 6.42 Å². The summed E-state index contributed by atoms with van der Waals surface area (Å²) in [7, 11) is 3.86. The SMILES string of the molecule is CCCCN(C)C(=NC)NCc1ccc(NC(=O)CCC)cc1. The minimum absolute atomic E-state index is 0.0660. The number of guanidine groups is 1. The Bertz CT molecular complexity index is 496. The van der Waals surface area contributed by atoms with Crippen molar-refractivity contribution in [2.24, 2.45) is 4.99 Å². The molecule has 1 amide bonds. The molecule has 1 aromatic carbocycles. The molecule has 1 aromatic rings. The Morgan fingerprint density at radius 3 is 2.43 bits per heavy atom. The largest absolute Gasteiger partial charge is 0.352 e. The lowest BCUT2D eigenvalue weighted by Gasteiger charge is -2.21. The molecule has 0 radical (unpaired) electrons. The fourth-order valence-electron chi connectivity index (χ4n) is 2.22. The molecule has 0 fully saturated rings. The van der Waals surface area contributed by atoms with Crippen molar-refractivity contribution in [3.63, 3.8) is 0 Å². The minimum Gasteiger partial charge on any atom is -0.352 e. The van der Waals surface area contributed by atoms with Crippen LogP contribution in [0.2, 0.25) is 0 Å². The Hall–Kier alpha value is -2.04. The number of rotatable bonds is 8. The highest BCUT2D eigenvalue weighted by Crippen LogP contribution is 2.10. The van der Waals surface area contributed by atoms with E-state index < -0.39 is 0 Å². The van der Waals surface area contributed by atoms with Crippen LogP contribution in [0.3, 0.4) is 0 Å². The molecular formula is C18H30N4O. The summed E-state index contributed by atoms with van der Waals surface area (Å²) in [6, 6.07) is 7.92. The Kier molecular flexibility index (Phi) is 8.80. The van der Waals surface area contributed by atoms with Crippen molar-refractivity contribution in [3.8, 4) is 0 Å². The highest BCUT2D eigenvalue weighted by atomic mass is 16.1. The van der Waals surface area contributed by atoms with Crippen LogP contribution in [0, 0.1) is 0 Å². The first kappa shape index (κ1) is 19.0. The van der Waals surface area contributed by atoms with Crippen molar-refractivity contribution in [2.45, 2.75) is 46.1 Å². The van der Waals surface area contributed by atoms with Gasteiger partial charge in [0.05, 0.1) is 0 Å². The highest BCUT2D eigenvalue weighted by Gasteiger charge is 2.05. The molecule has 0 unspecified atom stereocenters. The molecule has 1 rings (SSSR count). The lowest BCUT2D eigenvalue weighted by molar-refractivity contribution is -0.116. The van der Waals surface area contributed by atoms with E-state index in [0.717, 1.165) is 36.6 Å². The van der Waals surface area contributed by atoms with Crippen molar-refractivity contribution < 1.29 is 4.79 Å². The van der Waals surface area contributed by atoms with Crippen molar-refractivity contribution in [2.75, 3.05) is 26.0 Å². The topological polar surface area (TPSA) is 56.7 Å². The van der Waals surface area contributed by atoms with Crippen LogP contribution >= 0.6 is 0 Å². The molecule has 0 bridgehead atoms.